The van der Waals surface area contributed by atoms with Crippen LogP contribution in [0.2, 0.25) is 0 Å². The Bertz CT molecular complexity index is 2050. The largest absolute Gasteiger partial charge is 0.378 e. The quantitative estimate of drug-likeness (QED) is 0.193. The second-order valence-electron chi connectivity index (χ2n) is 19.3. The first-order valence-electron chi connectivity index (χ1n) is 21.6. The standard InChI is InChI=1S/C44H62F2N6O3S/c1-29-28-54-25-23-52(29)38-26-36(43(17-18-43)56(4,47)53)49-39(50-38)31-13-20-48-40-32(31)14-22-51(40)21-6-5-7-24-55-37-11-10-34-33-9-8-30-27-44(45,46)19-16-41(30,2)35(33)12-15-42(34,37)3/h13-14,20,22,26,29-30,33-35,37,47H,5-12,15-19,21,23-25,27-28H2,1-4H3/t29-,30+,33+,34+,35+,37+,41+,42+,56-/m1/s1. The van der Waals surface area contributed by atoms with Crippen molar-refractivity contribution in [1.82, 2.24) is 19.5 Å². The van der Waals surface area contributed by atoms with E-state index in [4.69, 9.17) is 29.2 Å². The van der Waals surface area contributed by atoms with Gasteiger partial charge in [-0.05, 0) is 131 Å². The van der Waals surface area contributed by atoms with Crippen LogP contribution in [0.3, 0.4) is 0 Å². The molecule has 5 saturated carbocycles. The fourth-order valence-corrected chi connectivity index (χ4v) is 14.0. The van der Waals surface area contributed by atoms with E-state index in [-0.39, 0.29) is 35.6 Å². The molecule has 3 aromatic rings. The summed E-state index contributed by atoms with van der Waals surface area (Å²) in [7, 11) is -2.86. The van der Waals surface area contributed by atoms with Gasteiger partial charge in [-0.15, -0.1) is 0 Å². The van der Waals surface area contributed by atoms with Crippen LogP contribution in [0.5, 0.6) is 0 Å². The van der Waals surface area contributed by atoms with E-state index in [9.17, 15) is 13.0 Å². The number of morpholine rings is 1. The Balaban J connectivity index is 0.829. The average Bonchev–Trinajstić information content (AvgIpc) is 3.80. The first-order valence-corrected chi connectivity index (χ1v) is 23.6. The molecule has 1 N–H and O–H groups in total. The Labute approximate surface area is 332 Å². The van der Waals surface area contributed by atoms with Crippen molar-refractivity contribution in [3.8, 4) is 11.4 Å². The fraction of sp³-hybridized carbons (Fsp3) is 0.750. The molecule has 306 valence electrons. The van der Waals surface area contributed by atoms with E-state index in [1.807, 2.05) is 18.3 Å². The SMILES string of the molecule is C[C@@H]1COCCN1c1cc(C2([S@](C)(=N)=O)CC2)nc(-c2ccnc3c2ccn3CCCCCO[C@H]2CC[C@H]3[C@@H]4CC[C@H]5CC(F)(F)CC[C@]5(C)[C@H]4CC[C@]23C)n1. The second kappa shape index (κ2) is 14.2. The highest BCUT2D eigenvalue weighted by molar-refractivity contribution is 7.93. The van der Waals surface area contributed by atoms with Crippen LogP contribution in [0.15, 0.2) is 30.6 Å². The fourth-order valence-electron chi connectivity index (χ4n) is 12.6. The Morgan fingerprint density at radius 3 is 2.59 bits per heavy atom. The summed E-state index contributed by atoms with van der Waals surface area (Å²) >= 11 is 0. The van der Waals surface area contributed by atoms with Gasteiger partial charge in [0.15, 0.2) is 5.82 Å². The first-order chi connectivity index (χ1) is 26.7. The van der Waals surface area contributed by atoms with E-state index in [2.05, 4.69) is 42.5 Å². The lowest BCUT2D eigenvalue weighted by atomic mass is 9.45. The molecule has 6 fully saturated rings. The topological polar surface area (TPSA) is 106 Å². The van der Waals surface area contributed by atoms with E-state index in [0.717, 1.165) is 74.1 Å². The van der Waals surface area contributed by atoms with Crippen molar-refractivity contribution < 1.29 is 22.5 Å². The number of anilines is 1. The number of nitrogens with one attached hydrogen (secondary N) is 1. The number of ether oxygens (including phenoxy) is 2. The Morgan fingerprint density at radius 1 is 0.982 bits per heavy atom. The summed E-state index contributed by atoms with van der Waals surface area (Å²) < 4.78 is 64.5. The summed E-state index contributed by atoms with van der Waals surface area (Å²) in [5.41, 5.74) is 2.79. The van der Waals surface area contributed by atoms with E-state index >= 15 is 0 Å². The minimum Gasteiger partial charge on any atom is -0.378 e. The summed E-state index contributed by atoms with van der Waals surface area (Å²) in [6.07, 6.45) is 18.0. The summed E-state index contributed by atoms with van der Waals surface area (Å²) in [4.78, 5) is 17.2. The van der Waals surface area contributed by atoms with Gasteiger partial charge in [0, 0.05) is 68.2 Å². The Kier molecular flexibility index (Phi) is 9.87. The minimum absolute atomic E-state index is 0.0767. The molecule has 1 saturated heterocycles. The van der Waals surface area contributed by atoms with Gasteiger partial charge in [0.2, 0.25) is 5.92 Å². The maximum absolute atomic E-state index is 14.4. The molecule has 5 aliphatic carbocycles. The molecular formula is C44H62F2N6O3S. The molecule has 6 aliphatic rings. The van der Waals surface area contributed by atoms with E-state index in [1.54, 1.807) is 6.26 Å². The van der Waals surface area contributed by atoms with Gasteiger partial charge in [0.1, 0.15) is 11.5 Å². The zero-order chi connectivity index (χ0) is 39.1. The van der Waals surface area contributed by atoms with Gasteiger partial charge in [-0.3, -0.25) is 4.78 Å². The normalized spacial score (nSPS) is 35.7. The molecular weight excluding hydrogens is 731 g/mol. The number of halogens is 2. The molecule has 0 amide bonds. The Hall–Kier alpha value is -2.70. The number of nitrogens with zero attached hydrogens (tertiary/aromatic N) is 5. The van der Waals surface area contributed by atoms with Gasteiger partial charge in [0.25, 0.3) is 0 Å². The van der Waals surface area contributed by atoms with Crippen molar-refractivity contribution >= 4 is 26.6 Å². The molecule has 9 nitrogen and oxygen atoms in total. The molecule has 0 radical (unpaired) electrons. The van der Waals surface area contributed by atoms with Gasteiger partial charge in [-0.1, -0.05) is 13.8 Å². The lowest BCUT2D eigenvalue weighted by Gasteiger charge is -2.61. The van der Waals surface area contributed by atoms with Crippen molar-refractivity contribution in [3.63, 3.8) is 0 Å². The zero-order valence-corrected chi connectivity index (χ0v) is 34.7. The molecule has 56 heavy (non-hydrogen) atoms. The number of alkyl halides is 2. The van der Waals surface area contributed by atoms with Gasteiger partial charge < -0.3 is 18.9 Å². The van der Waals surface area contributed by atoms with Gasteiger partial charge in [-0.25, -0.2) is 27.9 Å². The third-order valence-corrected chi connectivity index (χ3v) is 18.2. The number of rotatable bonds is 11. The number of fused-ring (bicyclic) bond motifs is 6. The highest BCUT2D eigenvalue weighted by Gasteiger charge is 2.62. The summed E-state index contributed by atoms with van der Waals surface area (Å²) in [5.74, 6) is 1.03. The molecule has 0 bridgehead atoms. The molecule has 0 aromatic carbocycles. The third-order valence-electron chi connectivity index (χ3n) is 16.1. The van der Waals surface area contributed by atoms with Crippen LogP contribution in [0, 0.1) is 39.3 Å². The molecule has 0 spiro atoms. The predicted molar refractivity (Wildman–Crippen MR) is 216 cm³/mol. The van der Waals surface area contributed by atoms with E-state index in [1.165, 1.54) is 19.3 Å². The van der Waals surface area contributed by atoms with Crippen LogP contribution in [-0.4, -0.2) is 74.4 Å². The predicted octanol–water partition coefficient (Wildman–Crippen LogP) is 9.62. The summed E-state index contributed by atoms with van der Waals surface area (Å²) in [6, 6.07) is 6.19. The van der Waals surface area contributed by atoms with Crippen molar-refractivity contribution in [2.45, 2.75) is 140 Å². The average molecular weight is 793 g/mol. The monoisotopic (exact) mass is 792 g/mol. The van der Waals surface area contributed by atoms with Crippen molar-refractivity contribution in [2.24, 2.45) is 34.5 Å². The van der Waals surface area contributed by atoms with Crippen LogP contribution in [0.4, 0.5) is 14.6 Å². The van der Waals surface area contributed by atoms with E-state index < -0.39 is 20.4 Å². The maximum Gasteiger partial charge on any atom is 0.248 e. The molecule has 9 atom stereocenters. The maximum atomic E-state index is 14.4. The van der Waals surface area contributed by atoms with Crippen LogP contribution >= 0.6 is 0 Å². The highest BCUT2D eigenvalue weighted by atomic mass is 32.2. The van der Waals surface area contributed by atoms with Gasteiger partial charge in [-0.2, -0.15) is 0 Å². The number of aromatic nitrogens is 4. The third kappa shape index (κ3) is 6.59. The zero-order valence-electron chi connectivity index (χ0n) is 33.9. The molecule has 9 rings (SSSR count). The van der Waals surface area contributed by atoms with Crippen molar-refractivity contribution in [2.75, 3.05) is 37.5 Å². The summed E-state index contributed by atoms with van der Waals surface area (Å²) in [6.45, 7) is 10.6. The van der Waals surface area contributed by atoms with Crippen molar-refractivity contribution in [3.05, 3.63) is 36.3 Å². The van der Waals surface area contributed by atoms with Gasteiger partial charge in [0.05, 0.1) is 45.5 Å². The number of hydrogen-bond acceptors (Lipinski definition) is 8. The smallest absolute Gasteiger partial charge is 0.248 e. The number of aryl methyl sites for hydroxylation is 1. The van der Waals surface area contributed by atoms with Crippen molar-refractivity contribution in [1.29, 1.82) is 4.78 Å². The molecule has 12 heteroatoms. The molecule has 4 heterocycles. The van der Waals surface area contributed by atoms with Crippen LogP contribution in [0.25, 0.3) is 22.4 Å². The van der Waals surface area contributed by atoms with Gasteiger partial charge >= 0.3 is 0 Å². The highest BCUT2D eigenvalue weighted by Crippen LogP contribution is 2.67. The first kappa shape index (κ1) is 38.8. The van der Waals surface area contributed by atoms with Crippen LogP contribution in [-0.2, 0) is 30.5 Å². The summed E-state index contributed by atoms with van der Waals surface area (Å²) in [5, 5.41) is 0.990. The minimum atomic E-state index is -2.86. The lowest BCUT2D eigenvalue weighted by Crippen LogP contribution is -2.55. The second-order valence-corrected chi connectivity index (χ2v) is 21.7. The molecule has 0 unspecified atom stereocenters. The molecule has 1 aliphatic heterocycles. The van der Waals surface area contributed by atoms with Crippen LogP contribution in [0.1, 0.15) is 116 Å². The van der Waals surface area contributed by atoms with Crippen LogP contribution < -0.4 is 4.90 Å². The molecule has 3 aromatic heterocycles. The number of pyridine rings is 1. The lowest BCUT2D eigenvalue weighted by molar-refractivity contribution is -0.169. The Morgan fingerprint density at radius 2 is 1.80 bits per heavy atom. The number of hydrogen-bond donors (Lipinski definition) is 1. The number of unbranched alkanes of at least 4 members (excludes halogenated alkanes) is 2. The van der Waals surface area contributed by atoms with E-state index in [0.29, 0.717) is 74.4 Å².